The predicted molar refractivity (Wildman–Crippen MR) is 105 cm³/mol. The van der Waals surface area contributed by atoms with E-state index in [0.717, 1.165) is 10.9 Å². The molecule has 8 nitrogen and oxygen atoms in total. The average molecular weight is 436 g/mol. The Morgan fingerprint density at radius 2 is 2.10 bits per heavy atom. The largest absolute Gasteiger partial charge is 0.497 e. The fourth-order valence-electron chi connectivity index (χ4n) is 3.51. The number of aromatic nitrogens is 2. The molecule has 0 radical (unpaired) electrons. The Hall–Kier alpha value is -3.63. The van der Waals surface area contributed by atoms with Gasteiger partial charge in [0.05, 0.1) is 38.4 Å². The standard InChI is InChI=1S/C20H19F3N4O4/c1-29-11-5-6-15(30-2)13(8-11)26-19(28)12-10-24-27-17(20(21,22)23)9-14(25-18(12)27)16-4-3-7-31-16/h3-8,10,14,17,25H,9H2,1-2H3,(H,26,28)/t14-,17+/m0/s1. The molecule has 0 saturated carbocycles. The summed E-state index contributed by atoms with van der Waals surface area (Å²) in [5, 5.41) is 9.45. The van der Waals surface area contributed by atoms with Crippen molar-refractivity contribution in [1.29, 1.82) is 0 Å². The highest BCUT2D eigenvalue weighted by Crippen LogP contribution is 2.44. The van der Waals surface area contributed by atoms with Gasteiger partial charge in [-0.1, -0.05) is 0 Å². The van der Waals surface area contributed by atoms with Gasteiger partial charge in [-0.3, -0.25) is 4.79 Å². The van der Waals surface area contributed by atoms with E-state index in [9.17, 15) is 18.0 Å². The number of rotatable bonds is 5. The number of ether oxygens (including phenoxy) is 2. The van der Waals surface area contributed by atoms with E-state index in [1.165, 1.54) is 20.5 Å². The molecule has 4 rings (SSSR count). The molecule has 1 aliphatic rings. The minimum Gasteiger partial charge on any atom is -0.497 e. The third-order valence-corrected chi connectivity index (χ3v) is 5.02. The Morgan fingerprint density at radius 1 is 1.29 bits per heavy atom. The summed E-state index contributed by atoms with van der Waals surface area (Å²) >= 11 is 0. The van der Waals surface area contributed by atoms with Gasteiger partial charge in [-0.05, 0) is 24.3 Å². The number of hydrogen-bond donors (Lipinski definition) is 2. The number of carbonyl (C=O) groups is 1. The van der Waals surface area contributed by atoms with E-state index < -0.39 is 24.2 Å². The van der Waals surface area contributed by atoms with Crippen LogP contribution in [-0.2, 0) is 0 Å². The lowest BCUT2D eigenvalue weighted by Gasteiger charge is -2.32. The Kier molecular flexibility index (Phi) is 5.25. The van der Waals surface area contributed by atoms with E-state index in [0.29, 0.717) is 22.9 Å². The Bertz CT molecular complexity index is 1080. The van der Waals surface area contributed by atoms with Crippen molar-refractivity contribution in [2.75, 3.05) is 24.9 Å². The van der Waals surface area contributed by atoms with Crippen molar-refractivity contribution >= 4 is 17.4 Å². The summed E-state index contributed by atoms with van der Waals surface area (Å²) in [6, 6.07) is 5.29. The van der Waals surface area contributed by atoms with Gasteiger partial charge in [-0.25, -0.2) is 4.68 Å². The fourth-order valence-corrected chi connectivity index (χ4v) is 3.51. The van der Waals surface area contributed by atoms with E-state index in [2.05, 4.69) is 15.7 Å². The van der Waals surface area contributed by atoms with Gasteiger partial charge in [-0.15, -0.1) is 0 Å². The summed E-state index contributed by atoms with van der Waals surface area (Å²) in [5.41, 5.74) is 0.257. The van der Waals surface area contributed by atoms with Crippen LogP contribution in [0.4, 0.5) is 24.7 Å². The quantitative estimate of drug-likeness (QED) is 0.616. The van der Waals surface area contributed by atoms with Crippen LogP contribution in [0.2, 0.25) is 0 Å². The number of nitrogens with one attached hydrogen (secondary N) is 2. The molecule has 1 amide bonds. The van der Waals surface area contributed by atoms with Gasteiger partial charge in [0.2, 0.25) is 0 Å². The molecule has 0 fully saturated rings. The van der Waals surface area contributed by atoms with Crippen LogP contribution < -0.4 is 20.1 Å². The smallest absolute Gasteiger partial charge is 0.410 e. The molecule has 2 aromatic heterocycles. The lowest BCUT2D eigenvalue weighted by molar-refractivity contribution is -0.174. The van der Waals surface area contributed by atoms with Crippen molar-refractivity contribution in [2.24, 2.45) is 0 Å². The highest BCUT2D eigenvalue weighted by Gasteiger charge is 2.47. The molecule has 1 aliphatic heterocycles. The molecule has 11 heteroatoms. The van der Waals surface area contributed by atoms with Crippen LogP contribution in [0.25, 0.3) is 0 Å². The van der Waals surface area contributed by atoms with Gasteiger partial charge >= 0.3 is 6.18 Å². The molecule has 1 aromatic carbocycles. The van der Waals surface area contributed by atoms with E-state index in [1.807, 2.05) is 0 Å². The topological polar surface area (TPSA) is 90.5 Å². The fraction of sp³-hybridized carbons (Fsp3) is 0.300. The second-order valence-corrected chi connectivity index (χ2v) is 6.88. The number of methoxy groups -OCH3 is 2. The summed E-state index contributed by atoms with van der Waals surface area (Å²) in [4.78, 5) is 13.0. The van der Waals surface area contributed by atoms with Gasteiger partial charge in [0, 0.05) is 12.5 Å². The summed E-state index contributed by atoms with van der Waals surface area (Å²) in [5.74, 6) is 0.476. The molecule has 0 aliphatic carbocycles. The summed E-state index contributed by atoms with van der Waals surface area (Å²) < 4.78 is 57.6. The molecule has 0 spiro atoms. The summed E-state index contributed by atoms with van der Waals surface area (Å²) in [6.45, 7) is 0. The molecular formula is C20H19F3N4O4. The van der Waals surface area contributed by atoms with Crippen molar-refractivity contribution in [1.82, 2.24) is 9.78 Å². The number of carbonyl (C=O) groups excluding carboxylic acids is 1. The molecule has 164 valence electrons. The summed E-state index contributed by atoms with van der Waals surface area (Å²) in [7, 11) is 2.90. The van der Waals surface area contributed by atoms with Gasteiger partial charge in [0.1, 0.15) is 28.6 Å². The first kappa shape index (κ1) is 20.6. The van der Waals surface area contributed by atoms with E-state index in [1.54, 1.807) is 30.3 Å². The number of alkyl halides is 3. The van der Waals surface area contributed by atoms with Crippen molar-refractivity contribution in [2.45, 2.75) is 24.7 Å². The second kappa shape index (κ2) is 7.89. The zero-order chi connectivity index (χ0) is 22.2. The molecule has 2 N–H and O–H groups in total. The van der Waals surface area contributed by atoms with Crippen molar-refractivity contribution in [3.63, 3.8) is 0 Å². The number of amides is 1. The van der Waals surface area contributed by atoms with Crippen LogP contribution in [0.5, 0.6) is 11.5 Å². The van der Waals surface area contributed by atoms with Crippen molar-refractivity contribution < 1.29 is 31.9 Å². The minimum absolute atomic E-state index is 0.0459. The number of halogens is 3. The van der Waals surface area contributed by atoms with Crippen LogP contribution in [-0.4, -0.2) is 36.1 Å². The zero-order valence-electron chi connectivity index (χ0n) is 16.6. The minimum atomic E-state index is -4.56. The van der Waals surface area contributed by atoms with Gasteiger partial charge in [0.15, 0.2) is 6.04 Å². The van der Waals surface area contributed by atoms with E-state index in [4.69, 9.17) is 13.9 Å². The van der Waals surface area contributed by atoms with E-state index >= 15 is 0 Å². The van der Waals surface area contributed by atoms with Gasteiger partial charge < -0.3 is 24.5 Å². The third-order valence-electron chi connectivity index (χ3n) is 5.02. The SMILES string of the molecule is COc1ccc(OC)c(NC(=O)c2cnn3c2N[C@H](c2ccco2)C[C@@H]3C(F)(F)F)c1. The first-order valence-electron chi connectivity index (χ1n) is 9.29. The normalized spacial score (nSPS) is 18.1. The number of fused-ring (bicyclic) bond motifs is 1. The molecule has 0 bridgehead atoms. The third kappa shape index (κ3) is 3.90. The zero-order valence-corrected chi connectivity index (χ0v) is 16.6. The second-order valence-electron chi connectivity index (χ2n) is 6.88. The first-order chi connectivity index (χ1) is 14.8. The maximum absolute atomic E-state index is 13.7. The number of anilines is 2. The summed E-state index contributed by atoms with van der Waals surface area (Å²) in [6.07, 6.45) is -2.39. The number of benzene rings is 1. The lowest BCUT2D eigenvalue weighted by atomic mass is 10.0. The van der Waals surface area contributed by atoms with Crippen LogP contribution in [0, 0.1) is 0 Å². The molecule has 0 saturated heterocycles. The number of hydrogen-bond acceptors (Lipinski definition) is 6. The first-order valence-corrected chi connectivity index (χ1v) is 9.29. The van der Waals surface area contributed by atoms with Crippen molar-refractivity contribution in [3.8, 4) is 11.5 Å². The maximum atomic E-state index is 13.7. The number of furan rings is 1. The molecular weight excluding hydrogens is 417 g/mol. The maximum Gasteiger partial charge on any atom is 0.410 e. The van der Waals surface area contributed by atoms with Crippen molar-refractivity contribution in [3.05, 3.63) is 54.1 Å². The monoisotopic (exact) mass is 436 g/mol. The molecule has 2 atom stereocenters. The number of nitrogens with zero attached hydrogens (tertiary/aromatic N) is 2. The Labute approximate surface area is 174 Å². The van der Waals surface area contributed by atoms with Gasteiger partial charge in [-0.2, -0.15) is 18.3 Å². The highest BCUT2D eigenvalue weighted by atomic mass is 19.4. The van der Waals surface area contributed by atoms with Crippen LogP contribution >= 0.6 is 0 Å². The molecule has 31 heavy (non-hydrogen) atoms. The Balaban J connectivity index is 1.69. The van der Waals surface area contributed by atoms with Crippen LogP contribution in [0.15, 0.2) is 47.2 Å². The molecule has 3 heterocycles. The predicted octanol–water partition coefficient (Wildman–Crippen LogP) is 4.41. The Morgan fingerprint density at radius 3 is 2.74 bits per heavy atom. The van der Waals surface area contributed by atoms with Crippen LogP contribution in [0.3, 0.4) is 0 Å². The van der Waals surface area contributed by atoms with E-state index in [-0.39, 0.29) is 17.8 Å². The molecule has 3 aromatic rings. The average Bonchev–Trinajstić information content (AvgIpc) is 3.42. The lowest BCUT2D eigenvalue weighted by Crippen LogP contribution is -2.36. The van der Waals surface area contributed by atoms with Gasteiger partial charge in [0.25, 0.3) is 5.91 Å². The molecule has 0 unspecified atom stereocenters. The highest BCUT2D eigenvalue weighted by molar-refractivity contribution is 6.08. The van der Waals surface area contributed by atoms with Crippen LogP contribution in [0.1, 0.15) is 34.6 Å².